The highest BCUT2D eigenvalue weighted by Crippen LogP contribution is 2.05. The van der Waals surface area contributed by atoms with Crippen LogP contribution in [0.4, 0.5) is 5.69 Å². The van der Waals surface area contributed by atoms with Crippen molar-refractivity contribution in [3.8, 4) is 0 Å². The van der Waals surface area contributed by atoms with Crippen LogP contribution in [0, 0.1) is 0 Å². The van der Waals surface area contributed by atoms with E-state index in [1.165, 1.54) is 10.6 Å². The number of aromatic nitrogens is 1. The number of anilines is 1. The van der Waals surface area contributed by atoms with Crippen molar-refractivity contribution in [2.45, 2.75) is 20.1 Å². The van der Waals surface area contributed by atoms with Crippen LogP contribution in [0.3, 0.4) is 0 Å². The van der Waals surface area contributed by atoms with Gasteiger partial charge in [0.05, 0.1) is 12.3 Å². The van der Waals surface area contributed by atoms with Crippen LogP contribution >= 0.6 is 0 Å². The van der Waals surface area contributed by atoms with E-state index in [0.29, 0.717) is 6.61 Å². The van der Waals surface area contributed by atoms with E-state index in [-0.39, 0.29) is 17.9 Å². The molecule has 6 heteroatoms. The molecule has 1 aromatic rings. The Morgan fingerprint density at radius 2 is 2.29 bits per heavy atom. The summed E-state index contributed by atoms with van der Waals surface area (Å²) >= 11 is 0. The number of rotatable bonds is 5. The summed E-state index contributed by atoms with van der Waals surface area (Å²) in [4.78, 5) is 22.7. The standard InChI is InChI=1S/C11H16N2O4/c1-3-16-10(14)7-17-8(2)13-6-4-5-9(12)11(13)15/h4-6,8H,3,7,12H2,1-2H3. The predicted molar refractivity (Wildman–Crippen MR) is 62.4 cm³/mol. The first kappa shape index (κ1) is 13.2. The van der Waals surface area contributed by atoms with Gasteiger partial charge < -0.3 is 15.2 Å². The van der Waals surface area contributed by atoms with Gasteiger partial charge in [-0.25, -0.2) is 4.79 Å². The average Bonchev–Trinajstić information content (AvgIpc) is 2.30. The summed E-state index contributed by atoms with van der Waals surface area (Å²) in [5, 5.41) is 0. The Kier molecular flexibility index (Phi) is 4.71. The molecule has 0 amide bonds. The minimum Gasteiger partial charge on any atom is -0.464 e. The van der Waals surface area contributed by atoms with Crippen molar-refractivity contribution in [2.24, 2.45) is 0 Å². The highest BCUT2D eigenvalue weighted by molar-refractivity contribution is 5.70. The maximum Gasteiger partial charge on any atom is 0.332 e. The van der Waals surface area contributed by atoms with Gasteiger partial charge in [0.1, 0.15) is 12.8 Å². The third-order valence-electron chi connectivity index (χ3n) is 2.14. The van der Waals surface area contributed by atoms with E-state index in [1.807, 2.05) is 0 Å². The first-order valence-electron chi connectivity index (χ1n) is 5.30. The summed E-state index contributed by atoms with van der Waals surface area (Å²) in [6.45, 7) is 3.47. The second-order valence-electron chi connectivity index (χ2n) is 3.39. The number of carbonyl (C=O) groups excluding carboxylic acids is 1. The van der Waals surface area contributed by atoms with Crippen molar-refractivity contribution in [2.75, 3.05) is 18.9 Å². The largest absolute Gasteiger partial charge is 0.464 e. The zero-order valence-corrected chi connectivity index (χ0v) is 9.88. The molecule has 0 radical (unpaired) electrons. The fourth-order valence-electron chi connectivity index (χ4n) is 1.29. The lowest BCUT2D eigenvalue weighted by Gasteiger charge is -2.15. The summed E-state index contributed by atoms with van der Waals surface area (Å²) in [6.07, 6.45) is 0.976. The fraction of sp³-hybridized carbons (Fsp3) is 0.455. The normalized spacial score (nSPS) is 12.1. The molecule has 1 unspecified atom stereocenters. The van der Waals surface area contributed by atoms with Gasteiger partial charge in [0, 0.05) is 6.20 Å². The molecule has 0 saturated carbocycles. The molecule has 0 bridgehead atoms. The van der Waals surface area contributed by atoms with Gasteiger partial charge in [0.2, 0.25) is 0 Å². The number of carbonyl (C=O) groups is 1. The molecule has 1 aromatic heterocycles. The molecule has 0 spiro atoms. The summed E-state index contributed by atoms with van der Waals surface area (Å²) in [6, 6.07) is 3.15. The number of pyridine rings is 1. The molecular weight excluding hydrogens is 224 g/mol. The molecule has 6 nitrogen and oxygen atoms in total. The average molecular weight is 240 g/mol. The van der Waals surface area contributed by atoms with Crippen molar-refractivity contribution >= 4 is 11.7 Å². The number of esters is 1. The predicted octanol–water partition coefficient (Wildman–Crippen LogP) is 0.529. The molecule has 0 saturated heterocycles. The molecule has 0 aromatic carbocycles. The van der Waals surface area contributed by atoms with Crippen LogP contribution < -0.4 is 11.3 Å². The first-order valence-corrected chi connectivity index (χ1v) is 5.30. The molecule has 1 rings (SSSR count). The van der Waals surface area contributed by atoms with Crippen LogP contribution in [0.25, 0.3) is 0 Å². The van der Waals surface area contributed by atoms with Crippen molar-refractivity contribution in [1.82, 2.24) is 4.57 Å². The summed E-state index contributed by atoms with van der Waals surface area (Å²) < 4.78 is 11.2. The van der Waals surface area contributed by atoms with Crippen molar-refractivity contribution in [1.29, 1.82) is 0 Å². The van der Waals surface area contributed by atoms with Gasteiger partial charge in [-0.3, -0.25) is 9.36 Å². The van der Waals surface area contributed by atoms with Crippen LogP contribution in [0.15, 0.2) is 23.1 Å². The third kappa shape index (κ3) is 3.60. The van der Waals surface area contributed by atoms with Crippen molar-refractivity contribution in [3.05, 3.63) is 28.7 Å². The minimum atomic E-state index is -0.574. The van der Waals surface area contributed by atoms with Gasteiger partial charge in [0.15, 0.2) is 0 Å². The fourth-order valence-corrected chi connectivity index (χ4v) is 1.29. The summed E-state index contributed by atoms with van der Waals surface area (Å²) in [7, 11) is 0. The Balaban J connectivity index is 2.64. The van der Waals surface area contributed by atoms with E-state index < -0.39 is 12.2 Å². The molecule has 0 aliphatic carbocycles. The van der Waals surface area contributed by atoms with Crippen molar-refractivity contribution in [3.63, 3.8) is 0 Å². The molecule has 17 heavy (non-hydrogen) atoms. The van der Waals surface area contributed by atoms with Gasteiger partial charge in [-0.05, 0) is 26.0 Å². The highest BCUT2D eigenvalue weighted by atomic mass is 16.6. The van der Waals surface area contributed by atoms with Crippen LogP contribution in [0.5, 0.6) is 0 Å². The maximum atomic E-state index is 11.6. The monoisotopic (exact) mass is 240 g/mol. The Bertz CT molecular complexity index is 441. The van der Waals surface area contributed by atoms with Gasteiger partial charge >= 0.3 is 5.97 Å². The van der Waals surface area contributed by atoms with Gasteiger partial charge in [-0.1, -0.05) is 0 Å². The lowest BCUT2D eigenvalue weighted by molar-refractivity contribution is -0.152. The SMILES string of the molecule is CCOC(=O)COC(C)n1cccc(N)c1=O. The highest BCUT2D eigenvalue weighted by Gasteiger charge is 2.10. The number of ether oxygens (including phenoxy) is 2. The Morgan fingerprint density at radius 3 is 2.94 bits per heavy atom. The van der Waals surface area contributed by atoms with E-state index in [1.54, 1.807) is 26.1 Å². The van der Waals surface area contributed by atoms with E-state index in [9.17, 15) is 9.59 Å². The number of nitrogens with zero attached hydrogens (tertiary/aromatic N) is 1. The summed E-state index contributed by atoms with van der Waals surface area (Å²) in [5.41, 5.74) is 5.28. The number of hydrogen-bond donors (Lipinski definition) is 1. The second kappa shape index (κ2) is 6.05. The molecule has 0 aliphatic heterocycles. The molecular formula is C11H16N2O4. The minimum absolute atomic E-state index is 0.138. The Labute approximate surface area is 98.9 Å². The van der Waals surface area contributed by atoms with E-state index >= 15 is 0 Å². The molecule has 2 N–H and O–H groups in total. The van der Waals surface area contributed by atoms with Gasteiger partial charge in [-0.15, -0.1) is 0 Å². The molecule has 94 valence electrons. The smallest absolute Gasteiger partial charge is 0.332 e. The second-order valence-corrected chi connectivity index (χ2v) is 3.39. The maximum absolute atomic E-state index is 11.6. The Hall–Kier alpha value is -1.82. The van der Waals surface area contributed by atoms with Crippen LogP contribution in [-0.2, 0) is 14.3 Å². The van der Waals surface area contributed by atoms with E-state index in [0.717, 1.165) is 0 Å². The molecule has 1 atom stereocenters. The van der Waals surface area contributed by atoms with Crippen LogP contribution in [0.1, 0.15) is 20.1 Å². The summed E-state index contributed by atoms with van der Waals surface area (Å²) in [5.74, 6) is -0.462. The topological polar surface area (TPSA) is 83.6 Å². The lowest BCUT2D eigenvalue weighted by Crippen LogP contribution is -2.27. The number of nitrogens with two attached hydrogens (primary N) is 1. The number of hydrogen-bond acceptors (Lipinski definition) is 5. The van der Waals surface area contributed by atoms with Crippen LogP contribution in [-0.4, -0.2) is 23.8 Å². The quantitative estimate of drug-likeness (QED) is 0.759. The van der Waals surface area contributed by atoms with Gasteiger partial charge in [0.25, 0.3) is 5.56 Å². The zero-order valence-electron chi connectivity index (χ0n) is 9.88. The molecule has 0 fully saturated rings. The first-order chi connectivity index (χ1) is 8.06. The lowest BCUT2D eigenvalue weighted by atomic mass is 10.4. The Morgan fingerprint density at radius 1 is 1.59 bits per heavy atom. The third-order valence-corrected chi connectivity index (χ3v) is 2.14. The number of nitrogen functional groups attached to an aromatic ring is 1. The molecule has 1 heterocycles. The van der Waals surface area contributed by atoms with Gasteiger partial charge in [-0.2, -0.15) is 0 Å². The zero-order chi connectivity index (χ0) is 12.8. The molecule has 0 aliphatic rings. The van der Waals surface area contributed by atoms with E-state index in [2.05, 4.69) is 0 Å². The van der Waals surface area contributed by atoms with Crippen LogP contribution in [0.2, 0.25) is 0 Å². The van der Waals surface area contributed by atoms with Crippen molar-refractivity contribution < 1.29 is 14.3 Å². The van der Waals surface area contributed by atoms with E-state index in [4.69, 9.17) is 15.2 Å².